The summed E-state index contributed by atoms with van der Waals surface area (Å²) in [5.41, 5.74) is 3.20. The Bertz CT molecular complexity index is 850. The van der Waals surface area contributed by atoms with Crippen LogP contribution in [0.5, 0.6) is 5.75 Å². The number of aromatic nitrogens is 1. The zero-order chi connectivity index (χ0) is 18.9. The van der Waals surface area contributed by atoms with E-state index in [0.29, 0.717) is 24.5 Å². The van der Waals surface area contributed by atoms with Crippen molar-refractivity contribution in [1.82, 2.24) is 4.98 Å². The number of hydrogen-bond donors (Lipinski definition) is 1. The average molecular weight is 381 g/mol. The van der Waals surface area contributed by atoms with E-state index in [2.05, 4.69) is 10.3 Å². The van der Waals surface area contributed by atoms with Crippen molar-refractivity contribution in [2.45, 2.75) is 19.3 Å². The highest BCUT2D eigenvalue weighted by molar-refractivity contribution is 6.30. The molecule has 0 saturated carbocycles. The number of carbonyl (C=O) groups excluding carboxylic acids is 1. The lowest BCUT2D eigenvalue weighted by atomic mass is 10.1. The zero-order valence-corrected chi connectivity index (χ0v) is 15.7. The molecule has 0 radical (unpaired) electrons. The lowest BCUT2D eigenvalue weighted by molar-refractivity contribution is -0.116. The molecule has 5 heteroatoms. The molecule has 3 rings (SSSR count). The third-order valence-corrected chi connectivity index (χ3v) is 4.28. The van der Waals surface area contributed by atoms with Gasteiger partial charge in [-0.1, -0.05) is 23.7 Å². The third kappa shape index (κ3) is 6.42. The number of benzene rings is 2. The number of halogens is 1. The summed E-state index contributed by atoms with van der Waals surface area (Å²) in [7, 11) is 0. The fourth-order valence-corrected chi connectivity index (χ4v) is 2.75. The van der Waals surface area contributed by atoms with E-state index in [1.807, 2.05) is 48.5 Å². The highest BCUT2D eigenvalue weighted by atomic mass is 35.5. The third-order valence-electron chi connectivity index (χ3n) is 4.03. The molecule has 0 spiro atoms. The quantitative estimate of drug-likeness (QED) is 0.551. The van der Waals surface area contributed by atoms with Crippen LogP contribution in [0.1, 0.15) is 24.0 Å². The Morgan fingerprint density at radius 2 is 1.59 bits per heavy atom. The zero-order valence-electron chi connectivity index (χ0n) is 14.9. The number of pyridine rings is 1. The van der Waals surface area contributed by atoms with E-state index < -0.39 is 0 Å². The van der Waals surface area contributed by atoms with Gasteiger partial charge in [0.25, 0.3) is 0 Å². The van der Waals surface area contributed by atoms with Crippen LogP contribution in [0.2, 0.25) is 5.02 Å². The second-order valence-electron chi connectivity index (χ2n) is 6.18. The van der Waals surface area contributed by atoms with Gasteiger partial charge in [0.1, 0.15) is 5.75 Å². The Morgan fingerprint density at radius 3 is 2.30 bits per heavy atom. The fourth-order valence-electron chi connectivity index (χ4n) is 2.62. The Hall–Kier alpha value is -2.85. The minimum Gasteiger partial charge on any atom is -0.494 e. The second-order valence-corrected chi connectivity index (χ2v) is 6.62. The number of hydrogen-bond acceptors (Lipinski definition) is 3. The van der Waals surface area contributed by atoms with Gasteiger partial charge >= 0.3 is 0 Å². The van der Waals surface area contributed by atoms with Gasteiger partial charge in [-0.25, -0.2) is 0 Å². The van der Waals surface area contributed by atoms with Gasteiger partial charge in [0.15, 0.2) is 0 Å². The van der Waals surface area contributed by atoms with E-state index in [4.69, 9.17) is 16.3 Å². The van der Waals surface area contributed by atoms with Crippen molar-refractivity contribution in [3.63, 3.8) is 0 Å². The molecule has 27 heavy (non-hydrogen) atoms. The van der Waals surface area contributed by atoms with Crippen molar-refractivity contribution in [1.29, 1.82) is 0 Å². The summed E-state index contributed by atoms with van der Waals surface area (Å²) < 4.78 is 5.59. The summed E-state index contributed by atoms with van der Waals surface area (Å²) in [6.45, 7) is 0.486. The van der Waals surface area contributed by atoms with Crippen LogP contribution in [0.3, 0.4) is 0 Å². The standard InChI is InChI=1S/C22H21ClN2O2/c23-19-5-9-21(10-6-19)27-15-1-2-22(26)25-20-7-3-17(4-8-20)16-18-11-13-24-14-12-18/h3-14H,1-2,15-16H2,(H,25,26). The molecular weight excluding hydrogens is 360 g/mol. The first kappa shape index (κ1) is 18.9. The maximum atomic E-state index is 12.1. The number of ether oxygens (including phenoxy) is 1. The SMILES string of the molecule is O=C(CCCOc1ccc(Cl)cc1)Nc1ccc(Cc2ccncc2)cc1. The van der Waals surface area contributed by atoms with E-state index in [0.717, 1.165) is 17.9 Å². The van der Waals surface area contributed by atoms with Gasteiger partial charge in [-0.3, -0.25) is 9.78 Å². The molecule has 0 fully saturated rings. The van der Waals surface area contributed by atoms with Crippen LogP contribution < -0.4 is 10.1 Å². The largest absolute Gasteiger partial charge is 0.494 e. The molecule has 3 aromatic rings. The molecule has 2 aromatic carbocycles. The predicted molar refractivity (Wildman–Crippen MR) is 108 cm³/mol. The number of carbonyl (C=O) groups is 1. The van der Waals surface area contributed by atoms with Crippen LogP contribution in [-0.2, 0) is 11.2 Å². The molecule has 0 aliphatic rings. The maximum Gasteiger partial charge on any atom is 0.224 e. The number of anilines is 1. The normalized spacial score (nSPS) is 10.4. The number of amides is 1. The topological polar surface area (TPSA) is 51.2 Å². The first-order valence-electron chi connectivity index (χ1n) is 8.85. The molecule has 4 nitrogen and oxygen atoms in total. The Balaban J connectivity index is 1.39. The summed E-state index contributed by atoms with van der Waals surface area (Å²) >= 11 is 5.83. The first-order valence-corrected chi connectivity index (χ1v) is 9.23. The van der Waals surface area contributed by atoms with Gasteiger partial charge in [0.2, 0.25) is 5.91 Å². The molecule has 1 heterocycles. The van der Waals surface area contributed by atoms with Crippen molar-refractivity contribution in [2.24, 2.45) is 0 Å². The van der Waals surface area contributed by atoms with Crippen LogP contribution in [0.15, 0.2) is 73.1 Å². The van der Waals surface area contributed by atoms with Gasteiger partial charge in [-0.2, -0.15) is 0 Å². The average Bonchev–Trinajstić information content (AvgIpc) is 2.69. The summed E-state index contributed by atoms with van der Waals surface area (Å²) in [6, 6.07) is 19.1. The molecular formula is C22H21ClN2O2. The monoisotopic (exact) mass is 380 g/mol. The highest BCUT2D eigenvalue weighted by Crippen LogP contribution is 2.16. The van der Waals surface area contributed by atoms with Crippen LogP contribution in [0.4, 0.5) is 5.69 Å². The summed E-state index contributed by atoms with van der Waals surface area (Å²) in [5, 5.41) is 3.59. The number of rotatable bonds is 8. The van der Waals surface area contributed by atoms with Crippen molar-refractivity contribution >= 4 is 23.2 Å². The molecule has 0 aliphatic carbocycles. The molecule has 0 bridgehead atoms. The molecule has 1 aromatic heterocycles. The smallest absolute Gasteiger partial charge is 0.224 e. The van der Waals surface area contributed by atoms with Gasteiger partial charge in [0.05, 0.1) is 6.61 Å². The molecule has 138 valence electrons. The lowest BCUT2D eigenvalue weighted by Crippen LogP contribution is -2.12. The van der Waals surface area contributed by atoms with Crippen molar-refractivity contribution < 1.29 is 9.53 Å². The fraction of sp³-hybridized carbons (Fsp3) is 0.182. The van der Waals surface area contributed by atoms with Crippen molar-refractivity contribution in [2.75, 3.05) is 11.9 Å². The van der Waals surface area contributed by atoms with Crippen LogP contribution in [0, 0.1) is 0 Å². The van der Waals surface area contributed by atoms with Gasteiger partial charge in [0, 0.05) is 29.5 Å². The number of nitrogens with zero attached hydrogens (tertiary/aromatic N) is 1. The van der Waals surface area contributed by atoms with Crippen LogP contribution in [0.25, 0.3) is 0 Å². The maximum absolute atomic E-state index is 12.1. The van der Waals surface area contributed by atoms with E-state index in [-0.39, 0.29) is 5.91 Å². The summed E-state index contributed by atoms with van der Waals surface area (Å²) in [6.07, 6.45) is 5.49. The van der Waals surface area contributed by atoms with Crippen LogP contribution in [-0.4, -0.2) is 17.5 Å². The van der Waals surface area contributed by atoms with E-state index in [9.17, 15) is 4.79 Å². The molecule has 0 unspecified atom stereocenters. The van der Waals surface area contributed by atoms with E-state index in [1.165, 1.54) is 11.1 Å². The molecule has 1 N–H and O–H groups in total. The van der Waals surface area contributed by atoms with Crippen LogP contribution >= 0.6 is 11.6 Å². The Labute approximate surface area is 164 Å². The molecule has 0 atom stereocenters. The van der Waals surface area contributed by atoms with Gasteiger partial charge in [-0.15, -0.1) is 0 Å². The minimum absolute atomic E-state index is 0.0170. The van der Waals surface area contributed by atoms with Gasteiger partial charge < -0.3 is 10.1 Å². The molecule has 0 saturated heterocycles. The molecule has 1 amide bonds. The van der Waals surface area contributed by atoms with E-state index in [1.54, 1.807) is 24.5 Å². The highest BCUT2D eigenvalue weighted by Gasteiger charge is 2.04. The Kier molecular flexibility index (Phi) is 6.83. The first-order chi connectivity index (χ1) is 13.2. The van der Waals surface area contributed by atoms with Crippen molar-refractivity contribution in [3.05, 3.63) is 89.2 Å². The Morgan fingerprint density at radius 1 is 0.926 bits per heavy atom. The lowest BCUT2D eigenvalue weighted by Gasteiger charge is -2.08. The second kappa shape index (κ2) is 9.74. The summed E-state index contributed by atoms with van der Waals surface area (Å²) in [5.74, 6) is 0.737. The summed E-state index contributed by atoms with van der Waals surface area (Å²) in [4.78, 5) is 16.1. The van der Waals surface area contributed by atoms with Gasteiger partial charge in [-0.05, 0) is 72.5 Å². The predicted octanol–water partition coefficient (Wildman–Crippen LogP) is 5.12. The number of nitrogens with one attached hydrogen (secondary N) is 1. The van der Waals surface area contributed by atoms with E-state index >= 15 is 0 Å². The molecule has 0 aliphatic heterocycles. The minimum atomic E-state index is -0.0170. The van der Waals surface area contributed by atoms with Crippen molar-refractivity contribution in [3.8, 4) is 5.75 Å².